The van der Waals surface area contributed by atoms with Crippen molar-refractivity contribution in [1.82, 2.24) is 0 Å². The highest BCUT2D eigenvalue weighted by atomic mass is 16.6. The van der Waals surface area contributed by atoms with Crippen LogP contribution in [-0.4, -0.2) is 34.9 Å². The number of ether oxygens (including phenoxy) is 2. The number of ketones is 1. The number of fused-ring (bicyclic) bond motifs is 2. The molecule has 1 aliphatic carbocycles. The topological polar surface area (TPSA) is 89.9 Å². The summed E-state index contributed by atoms with van der Waals surface area (Å²) in [7, 11) is 0. The molecule has 0 aromatic rings. The molecule has 6 nitrogen and oxygen atoms in total. The van der Waals surface area contributed by atoms with Crippen LogP contribution in [0.1, 0.15) is 59.3 Å². The van der Waals surface area contributed by atoms with E-state index in [0.717, 1.165) is 25.7 Å². The van der Waals surface area contributed by atoms with E-state index in [-0.39, 0.29) is 28.9 Å². The molecule has 0 saturated heterocycles. The number of hydrogen-bond donors (Lipinski definition) is 1. The van der Waals surface area contributed by atoms with Crippen LogP contribution in [0.5, 0.6) is 0 Å². The van der Waals surface area contributed by atoms with Crippen LogP contribution < -0.4 is 0 Å². The maximum absolute atomic E-state index is 12.8. The molecule has 0 aromatic carbocycles. The Morgan fingerprint density at radius 2 is 2.00 bits per heavy atom. The molecule has 3 aliphatic rings. The lowest BCUT2D eigenvalue weighted by molar-refractivity contribution is -0.153. The van der Waals surface area contributed by atoms with Gasteiger partial charge in [-0.2, -0.15) is 0 Å². The molecule has 28 heavy (non-hydrogen) atoms. The van der Waals surface area contributed by atoms with Crippen LogP contribution in [-0.2, 0) is 23.9 Å². The van der Waals surface area contributed by atoms with Crippen molar-refractivity contribution in [2.75, 3.05) is 0 Å². The summed E-state index contributed by atoms with van der Waals surface area (Å²) in [4.78, 5) is 37.4. The Morgan fingerprint density at radius 1 is 1.29 bits per heavy atom. The van der Waals surface area contributed by atoms with Gasteiger partial charge in [0.15, 0.2) is 17.7 Å². The van der Waals surface area contributed by atoms with E-state index in [1.54, 1.807) is 13.0 Å². The summed E-state index contributed by atoms with van der Waals surface area (Å²) in [5, 5.41) is 10.9. The minimum Gasteiger partial charge on any atom is -0.469 e. The van der Waals surface area contributed by atoms with E-state index in [2.05, 4.69) is 6.92 Å². The zero-order valence-electron chi connectivity index (χ0n) is 16.5. The lowest BCUT2D eigenvalue weighted by Crippen LogP contribution is -2.47. The quantitative estimate of drug-likeness (QED) is 0.298. The first-order valence-corrected chi connectivity index (χ1v) is 9.79. The average Bonchev–Trinajstić information content (AvgIpc) is 2.93. The van der Waals surface area contributed by atoms with Crippen molar-refractivity contribution >= 4 is 18.0 Å². The van der Waals surface area contributed by atoms with E-state index in [4.69, 9.17) is 9.47 Å². The fourth-order valence-electron chi connectivity index (χ4n) is 4.05. The zero-order chi connectivity index (χ0) is 20.5. The molecule has 2 aliphatic heterocycles. The molecule has 0 amide bonds. The Labute approximate surface area is 164 Å². The number of carbonyl (C=O) groups excluding carboxylic acids is 3. The first-order chi connectivity index (χ1) is 13.3. The van der Waals surface area contributed by atoms with Crippen molar-refractivity contribution in [3.05, 3.63) is 46.0 Å². The minimum atomic E-state index is -1.49. The van der Waals surface area contributed by atoms with E-state index in [1.165, 1.54) is 13.2 Å². The van der Waals surface area contributed by atoms with Gasteiger partial charge in [-0.05, 0) is 31.9 Å². The first kappa shape index (κ1) is 20.3. The monoisotopic (exact) mass is 386 g/mol. The molecular formula is C22H26O6. The van der Waals surface area contributed by atoms with Gasteiger partial charge in [0, 0.05) is 23.1 Å². The third-order valence-electron chi connectivity index (χ3n) is 5.57. The zero-order valence-corrected chi connectivity index (χ0v) is 16.5. The molecule has 2 unspecified atom stereocenters. The Bertz CT molecular complexity index is 841. The lowest BCUT2D eigenvalue weighted by Gasteiger charge is -2.39. The summed E-state index contributed by atoms with van der Waals surface area (Å²) in [6.07, 6.45) is 7.43. The van der Waals surface area contributed by atoms with Crippen molar-refractivity contribution < 1.29 is 29.0 Å². The normalized spacial score (nSPS) is 26.1. The third-order valence-corrected chi connectivity index (χ3v) is 5.57. The predicted molar refractivity (Wildman–Crippen MR) is 102 cm³/mol. The van der Waals surface area contributed by atoms with Crippen LogP contribution in [0.2, 0.25) is 0 Å². The first-order valence-electron chi connectivity index (χ1n) is 9.79. The van der Waals surface area contributed by atoms with Crippen LogP contribution in [0.15, 0.2) is 46.0 Å². The number of Topliss-reactive ketones (excluding diaryl/α,β-unsaturated/α-hetero) is 1. The van der Waals surface area contributed by atoms with Crippen LogP contribution in [0.3, 0.4) is 0 Å². The molecule has 6 heteroatoms. The molecule has 3 rings (SSSR count). The van der Waals surface area contributed by atoms with Gasteiger partial charge in [0.1, 0.15) is 17.4 Å². The summed E-state index contributed by atoms with van der Waals surface area (Å²) in [5.74, 6) is -0.577. The van der Waals surface area contributed by atoms with E-state index >= 15 is 0 Å². The van der Waals surface area contributed by atoms with Gasteiger partial charge in [0.25, 0.3) is 0 Å². The summed E-state index contributed by atoms with van der Waals surface area (Å²) in [6, 6.07) is 0. The highest BCUT2D eigenvalue weighted by Gasteiger charge is 2.56. The minimum absolute atomic E-state index is 0.108. The fraction of sp³-hybridized carbons (Fsp3) is 0.500. The Hall–Kier alpha value is -2.47. The summed E-state index contributed by atoms with van der Waals surface area (Å²) < 4.78 is 10.8. The highest BCUT2D eigenvalue weighted by Crippen LogP contribution is 2.49. The van der Waals surface area contributed by atoms with E-state index < -0.39 is 17.7 Å². The van der Waals surface area contributed by atoms with Crippen molar-refractivity contribution in [2.45, 2.75) is 71.0 Å². The smallest absolute Gasteiger partial charge is 0.343 e. The Morgan fingerprint density at radius 3 is 2.68 bits per heavy atom. The average molecular weight is 386 g/mol. The molecule has 2 heterocycles. The number of rotatable bonds is 8. The van der Waals surface area contributed by atoms with E-state index in [0.29, 0.717) is 29.6 Å². The number of aldehydes is 1. The number of hydrogen-bond acceptors (Lipinski definition) is 6. The van der Waals surface area contributed by atoms with Gasteiger partial charge in [-0.15, -0.1) is 0 Å². The molecule has 0 bridgehead atoms. The number of carbonyl (C=O) groups is 3. The largest absolute Gasteiger partial charge is 0.469 e. The molecule has 0 fully saturated rings. The molecular weight excluding hydrogens is 360 g/mol. The number of allylic oxidation sites excluding steroid dienone is 2. The summed E-state index contributed by atoms with van der Waals surface area (Å²) >= 11 is 0. The van der Waals surface area contributed by atoms with Crippen LogP contribution in [0.4, 0.5) is 0 Å². The maximum Gasteiger partial charge on any atom is 0.343 e. The van der Waals surface area contributed by atoms with Crippen LogP contribution in [0, 0.1) is 0 Å². The second-order valence-electron chi connectivity index (χ2n) is 7.63. The molecule has 0 radical (unpaired) electrons. The Kier molecular flexibility index (Phi) is 5.70. The van der Waals surface area contributed by atoms with Crippen LogP contribution in [0.25, 0.3) is 0 Å². The van der Waals surface area contributed by atoms with Gasteiger partial charge >= 0.3 is 5.97 Å². The number of aliphatic hydroxyl groups excluding tert-OH is 1. The number of unbranched alkanes of at least 4 members (excludes halogenated alkanes) is 4. The maximum atomic E-state index is 12.8. The van der Waals surface area contributed by atoms with Gasteiger partial charge in [-0.25, -0.2) is 4.79 Å². The van der Waals surface area contributed by atoms with E-state index in [1.807, 2.05) is 0 Å². The van der Waals surface area contributed by atoms with E-state index in [9.17, 15) is 19.5 Å². The predicted octanol–water partition coefficient (Wildman–Crippen LogP) is 3.22. The Balaban J connectivity index is 2.03. The second-order valence-corrected chi connectivity index (χ2v) is 7.63. The molecule has 150 valence electrons. The second kappa shape index (κ2) is 7.87. The fourth-order valence-corrected chi connectivity index (χ4v) is 4.05. The standard InChI is InChI=1S/C22H26O6/c1-4-5-6-7-8-9-17(24)18-19-15(11-23)14-10-13(2)27-12-16(14)20(25)22(19,3)28-21(18)26/h10-12,20,25H,4-9H2,1-3H3. The summed E-state index contributed by atoms with van der Waals surface area (Å²) in [5.41, 5.74) is -0.384. The van der Waals surface area contributed by atoms with Gasteiger partial charge in [0.05, 0.1) is 6.26 Å². The molecule has 0 aromatic heterocycles. The van der Waals surface area contributed by atoms with Crippen molar-refractivity contribution in [3.8, 4) is 0 Å². The summed E-state index contributed by atoms with van der Waals surface area (Å²) in [6.45, 7) is 5.36. The van der Waals surface area contributed by atoms with Crippen molar-refractivity contribution in [3.63, 3.8) is 0 Å². The number of aliphatic hydroxyl groups is 1. The van der Waals surface area contributed by atoms with Crippen molar-refractivity contribution in [2.24, 2.45) is 0 Å². The van der Waals surface area contributed by atoms with Gasteiger partial charge in [-0.1, -0.05) is 32.6 Å². The van der Waals surface area contributed by atoms with Gasteiger partial charge in [-0.3, -0.25) is 9.59 Å². The van der Waals surface area contributed by atoms with Crippen molar-refractivity contribution in [1.29, 1.82) is 0 Å². The lowest BCUT2D eigenvalue weighted by atomic mass is 9.71. The SMILES string of the molecule is CCCCCCCC(=O)C1=C2C(C=O)=C3C=C(C)OC=C3C(O)C2(C)OC1=O. The third kappa shape index (κ3) is 3.26. The van der Waals surface area contributed by atoms with Crippen LogP contribution >= 0.6 is 0 Å². The number of esters is 1. The molecule has 2 atom stereocenters. The molecule has 0 spiro atoms. The van der Waals surface area contributed by atoms with Gasteiger partial charge < -0.3 is 14.6 Å². The molecule has 1 N–H and O–H groups in total. The van der Waals surface area contributed by atoms with Gasteiger partial charge in [0.2, 0.25) is 0 Å². The highest BCUT2D eigenvalue weighted by molar-refractivity contribution is 6.21. The molecule has 0 saturated carbocycles.